The predicted octanol–water partition coefficient (Wildman–Crippen LogP) is 2.23. The van der Waals surface area contributed by atoms with Gasteiger partial charge in [-0.3, -0.25) is 0 Å². The number of aromatic carboxylic acids is 2. The zero-order valence-electron chi connectivity index (χ0n) is 10.7. The lowest BCUT2D eigenvalue weighted by molar-refractivity contribution is 0.0686. The van der Waals surface area contributed by atoms with Crippen LogP contribution in [0.2, 0.25) is 0 Å². The Bertz CT molecular complexity index is 564. The van der Waals surface area contributed by atoms with Gasteiger partial charge < -0.3 is 15.9 Å². The van der Waals surface area contributed by atoms with Gasteiger partial charge >= 0.3 is 11.9 Å². The fraction of sp³-hybridized carbons (Fsp3) is 0.0667. The van der Waals surface area contributed by atoms with Crippen LogP contribution in [0.5, 0.6) is 0 Å². The molecule has 0 unspecified atom stereocenters. The van der Waals surface area contributed by atoms with Gasteiger partial charge in [0.25, 0.3) is 0 Å². The second-order valence-corrected chi connectivity index (χ2v) is 3.88. The SMILES string of the molecule is NCc1ccc(C(=O)O)cc1.O=C(O)c1ccccc1. The Morgan fingerprint density at radius 1 is 0.800 bits per heavy atom. The molecule has 0 saturated carbocycles. The highest BCUT2D eigenvalue weighted by atomic mass is 16.4. The van der Waals surface area contributed by atoms with E-state index in [1.807, 2.05) is 0 Å². The van der Waals surface area contributed by atoms with Crippen LogP contribution in [0.15, 0.2) is 54.6 Å². The molecule has 0 spiro atoms. The third-order valence-corrected chi connectivity index (χ3v) is 2.46. The monoisotopic (exact) mass is 273 g/mol. The van der Waals surface area contributed by atoms with Gasteiger partial charge in [-0.25, -0.2) is 9.59 Å². The molecule has 4 N–H and O–H groups in total. The van der Waals surface area contributed by atoms with Gasteiger partial charge in [0.2, 0.25) is 0 Å². The molecule has 20 heavy (non-hydrogen) atoms. The van der Waals surface area contributed by atoms with Crippen LogP contribution in [0.1, 0.15) is 26.3 Å². The van der Waals surface area contributed by atoms with E-state index in [1.165, 1.54) is 0 Å². The van der Waals surface area contributed by atoms with E-state index in [0.717, 1.165) is 5.56 Å². The third kappa shape index (κ3) is 4.91. The summed E-state index contributed by atoms with van der Waals surface area (Å²) in [6, 6.07) is 14.8. The van der Waals surface area contributed by atoms with Crippen LogP contribution in [0.25, 0.3) is 0 Å². The number of carboxylic acids is 2. The molecule has 2 rings (SSSR count). The molecule has 0 aliphatic rings. The summed E-state index contributed by atoms with van der Waals surface area (Å²) in [5.74, 6) is -1.79. The Kier molecular flexibility index (Phi) is 5.93. The van der Waals surface area contributed by atoms with Crippen molar-refractivity contribution < 1.29 is 19.8 Å². The fourth-order valence-corrected chi connectivity index (χ4v) is 1.36. The average Bonchev–Trinajstić information content (AvgIpc) is 2.49. The first-order valence-corrected chi connectivity index (χ1v) is 5.85. The zero-order valence-corrected chi connectivity index (χ0v) is 10.7. The van der Waals surface area contributed by atoms with Crippen LogP contribution in [0, 0.1) is 0 Å². The molecule has 0 amide bonds. The molecule has 0 radical (unpaired) electrons. The molecule has 0 heterocycles. The molecule has 2 aromatic rings. The first-order valence-electron chi connectivity index (χ1n) is 5.85. The van der Waals surface area contributed by atoms with Crippen molar-refractivity contribution in [3.8, 4) is 0 Å². The average molecular weight is 273 g/mol. The predicted molar refractivity (Wildman–Crippen MR) is 74.7 cm³/mol. The van der Waals surface area contributed by atoms with Crippen molar-refractivity contribution in [2.24, 2.45) is 5.73 Å². The van der Waals surface area contributed by atoms with Crippen molar-refractivity contribution in [2.75, 3.05) is 0 Å². The topological polar surface area (TPSA) is 101 Å². The summed E-state index contributed by atoms with van der Waals surface area (Å²) in [5, 5.41) is 16.9. The lowest BCUT2D eigenvalue weighted by atomic mass is 10.1. The number of carboxylic acid groups (broad SMARTS) is 2. The second-order valence-electron chi connectivity index (χ2n) is 3.88. The van der Waals surface area contributed by atoms with Crippen LogP contribution < -0.4 is 5.73 Å². The minimum Gasteiger partial charge on any atom is -0.478 e. The van der Waals surface area contributed by atoms with Gasteiger partial charge in [-0.05, 0) is 29.8 Å². The molecule has 0 aliphatic carbocycles. The summed E-state index contributed by atoms with van der Waals surface area (Å²) >= 11 is 0. The molecule has 5 heteroatoms. The minimum atomic E-state index is -0.909. The van der Waals surface area contributed by atoms with E-state index >= 15 is 0 Å². The van der Waals surface area contributed by atoms with E-state index in [2.05, 4.69) is 0 Å². The van der Waals surface area contributed by atoms with Gasteiger partial charge in [-0.15, -0.1) is 0 Å². The lowest BCUT2D eigenvalue weighted by Crippen LogP contribution is -1.99. The molecule has 0 fully saturated rings. The Hall–Kier alpha value is -2.66. The summed E-state index contributed by atoms with van der Waals surface area (Å²) in [5.41, 5.74) is 6.89. The normalized spacial score (nSPS) is 9.25. The van der Waals surface area contributed by atoms with Crippen molar-refractivity contribution in [3.05, 3.63) is 71.3 Å². The molecule has 2 aromatic carbocycles. The molecular formula is C15H15NO4. The number of carbonyl (C=O) groups is 2. The smallest absolute Gasteiger partial charge is 0.335 e. The molecule has 0 bridgehead atoms. The van der Waals surface area contributed by atoms with Crippen molar-refractivity contribution in [1.29, 1.82) is 0 Å². The molecule has 5 nitrogen and oxygen atoms in total. The summed E-state index contributed by atoms with van der Waals surface area (Å²) in [6.07, 6.45) is 0. The van der Waals surface area contributed by atoms with Crippen LogP contribution in [-0.4, -0.2) is 22.2 Å². The van der Waals surface area contributed by atoms with Crippen LogP contribution >= 0.6 is 0 Å². The minimum absolute atomic E-state index is 0.294. The van der Waals surface area contributed by atoms with Gasteiger partial charge in [0.15, 0.2) is 0 Å². The standard InChI is InChI=1S/C8H9NO2.C7H6O2/c9-5-6-1-3-7(4-2-6)8(10)11;8-7(9)6-4-2-1-3-5-6/h1-4H,5,9H2,(H,10,11);1-5H,(H,8,9). The van der Waals surface area contributed by atoms with Crippen LogP contribution in [0.3, 0.4) is 0 Å². The lowest BCUT2D eigenvalue weighted by Gasteiger charge is -1.96. The number of rotatable bonds is 3. The van der Waals surface area contributed by atoms with Gasteiger partial charge in [-0.1, -0.05) is 30.3 Å². The molecule has 0 aliphatic heterocycles. The maximum atomic E-state index is 10.4. The molecule has 0 atom stereocenters. The van der Waals surface area contributed by atoms with E-state index in [1.54, 1.807) is 54.6 Å². The van der Waals surface area contributed by atoms with Crippen molar-refractivity contribution in [1.82, 2.24) is 0 Å². The van der Waals surface area contributed by atoms with Crippen LogP contribution in [-0.2, 0) is 6.54 Å². The maximum absolute atomic E-state index is 10.4. The Morgan fingerprint density at radius 3 is 1.60 bits per heavy atom. The fourth-order valence-electron chi connectivity index (χ4n) is 1.36. The Balaban J connectivity index is 0.000000204. The summed E-state index contributed by atoms with van der Waals surface area (Å²) in [4.78, 5) is 20.6. The Morgan fingerprint density at radius 2 is 1.25 bits per heavy atom. The van der Waals surface area contributed by atoms with Gasteiger partial charge in [-0.2, -0.15) is 0 Å². The summed E-state index contributed by atoms with van der Waals surface area (Å²) < 4.78 is 0. The van der Waals surface area contributed by atoms with E-state index in [-0.39, 0.29) is 0 Å². The first kappa shape index (κ1) is 15.4. The highest BCUT2D eigenvalue weighted by molar-refractivity contribution is 5.87. The first-order chi connectivity index (χ1) is 9.54. The van der Waals surface area contributed by atoms with E-state index in [0.29, 0.717) is 17.7 Å². The second kappa shape index (κ2) is 7.70. The van der Waals surface area contributed by atoms with Crippen LogP contribution in [0.4, 0.5) is 0 Å². The summed E-state index contributed by atoms with van der Waals surface area (Å²) in [6.45, 7) is 0.444. The molecular weight excluding hydrogens is 258 g/mol. The van der Waals surface area contributed by atoms with Gasteiger partial charge in [0, 0.05) is 6.54 Å². The zero-order chi connectivity index (χ0) is 15.0. The van der Waals surface area contributed by atoms with E-state index < -0.39 is 11.9 Å². The van der Waals surface area contributed by atoms with Gasteiger partial charge in [0.1, 0.15) is 0 Å². The Labute approximate surface area is 116 Å². The van der Waals surface area contributed by atoms with Crippen molar-refractivity contribution >= 4 is 11.9 Å². The number of hydrogen-bond acceptors (Lipinski definition) is 3. The number of nitrogens with two attached hydrogens (primary N) is 1. The number of benzene rings is 2. The molecule has 0 saturated heterocycles. The van der Waals surface area contributed by atoms with Gasteiger partial charge in [0.05, 0.1) is 11.1 Å². The third-order valence-electron chi connectivity index (χ3n) is 2.46. The van der Waals surface area contributed by atoms with E-state index in [4.69, 9.17) is 15.9 Å². The molecule has 0 aromatic heterocycles. The highest BCUT2D eigenvalue weighted by Crippen LogP contribution is 2.02. The van der Waals surface area contributed by atoms with Crippen molar-refractivity contribution in [2.45, 2.75) is 6.54 Å². The summed E-state index contributed by atoms with van der Waals surface area (Å²) in [7, 11) is 0. The number of hydrogen-bond donors (Lipinski definition) is 3. The highest BCUT2D eigenvalue weighted by Gasteiger charge is 1.99. The largest absolute Gasteiger partial charge is 0.478 e. The maximum Gasteiger partial charge on any atom is 0.335 e. The van der Waals surface area contributed by atoms with E-state index in [9.17, 15) is 9.59 Å². The van der Waals surface area contributed by atoms with Crippen molar-refractivity contribution in [3.63, 3.8) is 0 Å². The quantitative estimate of drug-likeness (QED) is 0.796. The molecule has 104 valence electrons.